The van der Waals surface area contributed by atoms with Crippen molar-refractivity contribution in [1.82, 2.24) is 9.97 Å². The maximum atomic E-state index is 12.4. The SMILES string of the molecule is C#CC(=O)C(CCCC)OC(=O)c1ccc(-c2ncc(CCCCCCC)cn2)cc1. The summed E-state index contributed by atoms with van der Waals surface area (Å²) in [6.07, 6.45) is 17.3. The fourth-order valence-electron chi connectivity index (χ4n) is 3.24. The number of Topliss-reactive ketones (excluding diaryl/α,β-unsaturated/α-hetero) is 1. The zero-order valence-electron chi connectivity index (χ0n) is 18.6. The average molecular weight is 421 g/mol. The molecule has 1 aromatic heterocycles. The number of hydrogen-bond acceptors (Lipinski definition) is 5. The summed E-state index contributed by atoms with van der Waals surface area (Å²) < 4.78 is 5.35. The van der Waals surface area contributed by atoms with E-state index in [2.05, 4.69) is 22.8 Å². The summed E-state index contributed by atoms with van der Waals surface area (Å²) in [4.78, 5) is 33.2. The number of carbonyl (C=O) groups is 2. The zero-order valence-corrected chi connectivity index (χ0v) is 18.6. The summed E-state index contributed by atoms with van der Waals surface area (Å²) in [5, 5.41) is 0. The van der Waals surface area contributed by atoms with E-state index in [0.717, 1.165) is 36.8 Å². The van der Waals surface area contributed by atoms with Crippen molar-refractivity contribution in [3.05, 3.63) is 47.8 Å². The van der Waals surface area contributed by atoms with Crippen LogP contribution in [0.25, 0.3) is 11.4 Å². The van der Waals surface area contributed by atoms with E-state index < -0.39 is 17.9 Å². The number of terminal acetylenes is 1. The van der Waals surface area contributed by atoms with Gasteiger partial charge in [-0.2, -0.15) is 0 Å². The van der Waals surface area contributed by atoms with Crippen molar-refractivity contribution in [1.29, 1.82) is 0 Å². The Morgan fingerprint density at radius 2 is 1.61 bits per heavy atom. The molecule has 2 rings (SSSR count). The minimum absolute atomic E-state index is 0.360. The van der Waals surface area contributed by atoms with Crippen LogP contribution < -0.4 is 0 Å². The zero-order chi connectivity index (χ0) is 22.5. The average Bonchev–Trinajstić information content (AvgIpc) is 2.81. The van der Waals surface area contributed by atoms with E-state index in [9.17, 15) is 9.59 Å². The molecule has 0 aliphatic rings. The molecule has 5 nitrogen and oxygen atoms in total. The first-order chi connectivity index (χ1) is 15.1. The van der Waals surface area contributed by atoms with Crippen molar-refractivity contribution < 1.29 is 14.3 Å². The van der Waals surface area contributed by atoms with Crippen molar-refractivity contribution in [3.63, 3.8) is 0 Å². The smallest absolute Gasteiger partial charge is 0.338 e. The maximum absolute atomic E-state index is 12.4. The Morgan fingerprint density at radius 3 is 2.23 bits per heavy atom. The van der Waals surface area contributed by atoms with Gasteiger partial charge in [0.05, 0.1) is 5.56 Å². The first-order valence-electron chi connectivity index (χ1n) is 11.2. The number of hydrogen-bond donors (Lipinski definition) is 0. The van der Waals surface area contributed by atoms with Gasteiger partial charge in [0.15, 0.2) is 11.9 Å². The minimum Gasteiger partial charge on any atom is -0.450 e. The van der Waals surface area contributed by atoms with E-state index in [1.807, 2.05) is 19.3 Å². The van der Waals surface area contributed by atoms with Gasteiger partial charge in [-0.3, -0.25) is 4.79 Å². The first-order valence-corrected chi connectivity index (χ1v) is 11.2. The molecule has 1 heterocycles. The van der Waals surface area contributed by atoms with Crippen LogP contribution in [0.5, 0.6) is 0 Å². The van der Waals surface area contributed by atoms with Gasteiger partial charge in [-0.15, -0.1) is 6.42 Å². The predicted molar refractivity (Wildman–Crippen MR) is 122 cm³/mol. The number of carbonyl (C=O) groups excluding carboxylic acids is 2. The molecule has 1 atom stereocenters. The minimum atomic E-state index is -0.894. The van der Waals surface area contributed by atoms with Crippen LogP contribution in [-0.4, -0.2) is 27.8 Å². The Morgan fingerprint density at radius 1 is 0.968 bits per heavy atom. The summed E-state index contributed by atoms with van der Waals surface area (Å²) in [6.45, 7) is 4.22. The summed E-state index contributed by atoms with van der Waals surface area (Å²) in [7, 11) is 0. The highest BCUT2D eigenvalue weighted by Gasteiger charge is 2.21. The Bertz CT molecular complexity index is 867. The van der Waals surface area contributed by atoms with Crippen molar-refractivity contribution in [2.24, 2.45) is 0 Å². The Balaban J connectivity index is 1.95. The maximum Gasteiger partial charge on any atom is 0.338 e. The molecule has 164 valence electrons. The van der Waals surface area contributed by atoms with Crippen LogP contribution in [-0.2, 0) is 16.0 Å². The molecule has 2 aromatic rings. The molecular formula is C26H32N2O3. The number of ketones is 1. The lowest BCUT2D eigenvalue weighted by molar-refractivity contribution is -0.122. The van der Waals surface area contributed by atoms with Gasteiger partial charge in [-0.25, -0.2) is 14.8 Å². The van der Waals surface area contributed by atoms with Crippen LogP contribution in [0.4, 0.5) is 0 Å². The lowest BCUT2D eigenvalue weighted by Crippen LogP contribution is -2.26. The molecule has 5 heteroatoms. The molecule has 0 fully saturated rings. The molecule has 0 amide bonds. The van der Waals surface area contributed by atoms with E-state index in [1.165, 1.54) is 25.7 Å². The normalized spacial score (nSPS) is 11.5. The molecule has 31 heavy (non-hydrogen) atoms. The molecule has 0 aliphatic carbocycles. The molecule has 0 spiro atoms. The molecular weight excluding hydrogens is 388 g/mol. The van der Waals surface area contributed by atoms with Crippen molar-refractivity contribution in [2.75, 3.05) is 0 Å². The number of ether oxygens (including phenoxy) is 1. The topological polar surface area (TPSA) is 69.2 Å². The Kier molecular flexibility index (Phi) is 10.4. The molecule has 0 aliphatic heterocycles. The van der Waals surface area contributed by atoms with Gasteiger partial charge in [-0.05, 0) is 49.3 Å². The number of rotatable bonds is 13. The van der Waals surface area contributed by atoms with Crippen molar-refractivity contribution in [3.8, 4) is 23.7 Å². The van der Waals surface area contributed by atoms with Gasteiger partial charge in [0, 0.05) is 18.0 Å². The van der Waals surface area contributed by atoms with Gasteiger partial charge in [0.2, 0.25) is 5.78 Å². The van der Waals surface area contributed by atoms with Crippen molar-refractivity contribution in [2.45, 2.75) is 77.7 Å². The second kappa shape index (κ2) is 13.3. The number of esters is 1. The molecule has 0 saturated heterocycles. The van der Waals surface area contributed by atoms with Crippen LogP contribution in [0.3, 0.4) is 0 Å². The monoisotopic (exact) mass is 420 g/mol. The van der Waals surface area contributed by atoms with Gasteiger partial charge >= 0.3 is 5.97 Å². The highest BCUT2D eigenvalue weighted by molar-refractivity contribution is 6.00. The van der Waals surface area contributed by atoms with Crippen LogP contribution in [0, 0.1) is 12.3 Å². The summed E-state index contributed by atoms with van der Waals surface area (Å²) >= 11 is 0. The number of aryl methyl sites for hydroxylation is 1. The molecule has 1 aromatic carbocycles. The fourth-order valence-corrected chi connectivity index (χ4v) is 3.24. The van der Waals surface area contributed by atoms with Crippen LogP contribution >= 0.6 is 0 Å². The van der Waals surface area contributed by atoms with Crippen molar-refractivity contribution >= 4 is 11.8 Å². The van der Waals surface area contributed by atoms with Gasteiger partial charge in [0.25, 0.3) is 0 Å². The molecule has 0 N–H and O–H groups in total. The number of benzene rings is 1. The third-order valence-corrected chi connectivity index (χ3v) is 5.16. The number of unbranched alkanes of at least 4 members (excludes halogenated alkanes) is 5. The summed E-state index contributed by atoms with van der Waals surface area (Å²) in [6, 6.07) is 6.86. The van der Waals surface area contributed by atoms with Crippen LogP contribution in [0.2, 0.25) is 0 Å². The van der Waals surface area contributed by atoms with E-state index in [0.29, 0.717) is 17.8 Å². The van der Waals surface area contributed by atoms with E-state index in [1.54, 1.807) is 24.3 Å². The second-order valence-corrected chi connectivity index (χ2v) is 7.70. The Labute approximate surface area is 185 Å². The molecule has 0 bridgehead atoms. The largest absolute Gasteiger partial charge is 0.450 e. The standard InChI is InChI=1S/C26H32N2O3/c1-4-7-9-10-11-12-20-18-27-25(28-19-20)21-14-16-22(17-15-21)26(30)31-24(13-8-5-2)23(29)6-3/h3,14-19,24H,4-5,7-13H2,1-2H3. The lowest BCUT2D eigenvalue weighted by Gasteiger charge is -2.14. The van der Waals surface area contributed by atoms with E-state index in [4.69, 9.17) is 11.2 Å². The Hall–Kier alpha value is -3.00. The predicted octanol–water partition coefficient (Wildman–Crippen LogP) is 5.57. The van der Waals surface area contributed by atoms with Gasteiger partial charge < -0.3 is 4.74 Å². The number of aromatic nitrogens is 2. The van der Waals surface area contributed by atoms with E-state index >= 15 is 0 Å². The molecule has 0 radical (unpaired) electrons. The van der Waals surface area contributed by atoms with Crippen LogP contribution in [0.1, 0.15) is 81.1 Å². The first kappa shape index (κ1) is 24.3. The highest BCUT2D eigenvalue weighted by atomic mass is 16.5. The van der Waals surface area contributed by atoms with Gasteiger partial charge in [-0.1, -0.05) is 58.1 Å². The van der Waals surface area contributed by atoms with Gasteiger partial charge in [0.1, 0.15) is 0 Å². The second-order valence-electron chi connectivity index (χ2n) is 7.70. The molecule has 0 saturated carbocycles. The van der Waals surface area contributed by atoms with E-state index in [-0.39, 0.29) is 0 Å². The fraction of sp³-hybridized carbons (Fsp3) is 0.462. The quantitative estimate of drug-likeness (QED) is 0.183. The van der Waals surface area contributed by atoms with Crippen LogP contribution in [0.15, 0.2) is 36.7 Å². The third kappa shape index (κ3) is 7.97. The lowest BCUT2D eigenvalue weighted by atomic mass is 10.1. The third-order valence-electron chi connectivity index (χ3n) is 5.16. The summed E-state index contributed by atoms with van der Waals surface area (Å²) in [5.74, 6) is 1.60. The summed E-state index contributed by atoms with van der Waals surface area (Å²) in [5.41, 5.74) is 2.31. The number of nitrogens with zero attached hydrogens (tertiary/aromatic N) is 2. The molecule has 1 unspecified atom stereocenters. The highest BCUT2D eigenvalue weighted by Crippen LogP contribution is 2.18.